The molecule has 2 heterocycles. The van der Waals surface area contributed by atoms with E-state index < -0.39 is 102 Å². The number of aliphatic hydroxyl groups is 6. The lowest BCUT2D eigenvalue weighted by Gasteiger charge is -2.70. The molecule has 4 saturated carbocycles. The van der Waals surface area contributed by atoms with E-state index in [1.165, 1.54) is 0 Å². The van der Waals surface area contributed by atoms with Gasteiger partial charge in [0.2, 0.25) is 0 Å². The molecule has 0 aromatic carbocycles. The molecule has 7 aliphatic rings. The Morgan fingerprint density at radius 2 is 1.51 bits per heavy atom. The minimum atomic E-state index is -1.67. The van der Waals surface area contributed by atoms with Crippen molar-refractivity contribution >= 4 is 11.9 Å². The van der Waals surface area contributed by atoms with E-state index in [9.17, 15) is 50.4 Å². The zero-order valence-corrected chi connectivity index (χ0v) is 33.0. The average Bonchev–Trinajstić information content (AvgIpc) is 3.13. The van der Waals surface area contributed by atoms with Crippen LogP contribution in [0.4, 0.5) is 0 Å². The van der Waals surface area contributed by atoms with Gasteiger partial charge in [0, 0.05) is 0 Å². The van der Waals surface area contributed by atoms with Gasteiger partial charge in [0.05, 0.1) is 30.1 Å². The van der Waals surface area contributed by atoms with Gasteiger partial charge in [-0.05, 0) is 104 Å². The number of carboxylic acid groups (broad SMARTS) is 2. The van der Waals surface area contributed by atoms with Crippen LogP contribution in [-0.4, -0.2) is 127 Å². The van der Waals surface area contributed by atoms with Gasteiger partial charge >= 0.3 is 11.9 Å². The molecule has 55 heavy (non-hydrogen) atoms. The molecule has 7 rings (SSSR count). The SMILES string of the molecule is C[C@H]1[C@H](C)CC[C@]2(C(=O)O)CC[C@]3(C(=O)O)C(=CC[C@@H]4[C@@]5(C)CC[C@H](O[C@@H]6O[C@H](CO)[C@@H](O)[C@H](O)[C@H]6O[C@@H]6OC[C@@H](O)[C@H](O)[C@H]6O)C(C)(C)[C@@H]5CC[C@]43C)[C@H]12. The Labute approximate surface area is 323 Å². The molecule has 2 saturated heterocycles. The van der Waals surface area contributed by atoms with Crippen LogP contribution in [0, 0.1) is 56.7 Å². The Morgan fingerprint density at radius 1 is 0.800 bits per heavy atom. The molecule has 2 aliphatic heterocycles. The summed E-state index contributed by atoms with van der Waals surface area (Å²) in [5.41, 5.74) is -2.74. The lowest BCUT2D eigenvalue weighted by Crippen LogP contribution is -2.68. The highest BCUT2D eigenvalue weighted by molar-refractivity contribution is 5.84. The Bertz CT molecular complexity index is 1520. The van der Waals surface area contributed by atoms with Crippen LogP contribution in [-0.2, 0) is 28.5 Å². The molecular weight excluding hydrogens is 716 g/mol. The van der Waals surface area contributed by atoms with Gasteiger partial charge in [-0.1, -0.05) is 53.2 Å². The maximum absolute atomic E-state index is 14.0. The first-order valence-electron chi connectivity index (χ1n) is 20.5. The monoisotopic (exact) mass is 780 g/mol. The van der Waals surface area contributed by atoms with Crippen molar-refractivity contribution in [2.24, 2.45) is 56.7 Å². The molecule has 5 aliphatic carbocycles. The van der Waals surface area contributed by atoms with E-state index in [0.717, 1.165) is 12.0 Å². The minimum absolute atomic E-state index is 0.00283. The standard InChI is InChI=1S/C41H64O14/c1-19-9-14-40(35(48)49)15-16-41(36(50)51)21(27(40)20(19)2)7-8-25-38(5)12-11-26(37(3,4)24(38)10-13-39(25,41)6)54-34-32(30(46)29(45)23(17-42)53-34)55-33-31(47)28(44)22(43)18-52-33/h7,19-20,22-34,42-47H,8-18H2,1-6H3,(H,48,49)(H,50,51)/t19-,20+,22-,23-,24+,25-,26+,27+,28+,29-,30+,31-,32-,33+,34+,38+,39-,40+,41-/m1/s1. The third-order valence-corrected chi connectivity index (χ3v) is 17.0. The number of ether oxygens (including phenoxy) is 4. The molecular formula is C41H64O14. The summed E-state index contributed by atoms with van der Waals surface area (Å²) in [7, 11) is 0. The Balaban J connectivity index is 1.18. The summed E-state index contributed by atoms with van der Waals surface area (Å²) in [5, 5.41) is 85.0. The van der Waals surface area contributed by atoms with Gasteiger partial charge in [-0.25, -0.2) is 0 Å². The average molecular weight is 781 g/mol. The topological polar surface area (TPSA) is 233 Å². The first-order valence-corrected chi connectivity index (χ1v) is 20.5. The smallest absolute Gasteiger partial charge is 0.314 e. The third kappa shape index (κ3) is 5.85. The molecule has 0 amide bonds. The van der Waals surface area contributed by atoms with Crippen LogP contribution in [0.15, 0.2) is 11.6 Å². The van der Waals surface area contributed by atoms with Crippen LogP contribution in [0.25, 0.3) is 0 Å². The van der Waals surface area contributed by atoms with Crippen molar-refractivity contribution < 1.29 is 69.4 Å². The van der Waals surface area contributed by atoms with E-state index in [0.29, 0.717) is 51.4 Å². The Kier molecular flexibility index (Phi) is 10.7. The maximum atomic E-state index is 14.0. The summed E-state index contributed by atoms with van der Waals surface area (Å²) in [4.78, 5) is 27.1. The number of aliphatic carboxylic acids is 2. The molecule has 14 nitrogen and oxygen atoms in total. The summed E-state index contributed by atoms with van der Waals surface area (Å²) < 4.78 is 24.1. The van der Waals surface area contributed by atoms with Crippen molar-refractivity contribution in [2.45, 2.75) is 161 Å². The number of rotatable bonds is 7. The van der Waals surface area contributed by atoms with Crippen molar-refractivity contribution in [3.63, 3.8) is 0 Å². The number of aliphatic hydroxyl groups excluding tert-OH is 6. The van der Waals surface area contributed by atoms with Crippen LogP contribution in [0.3, 0.4) is 0 Å². The van der Waals surface area contributed by atoms with E-state index in [4.69, 9.17) is 18.9 Å². The van der Waals surface area contributed by atoms with E-state index in [1.54, 1.807) is 0 Å². The summed E-state index contributed by atoms with van der Waals surface area (Å²) in [5.74, 6) is -1.59. The van der Waals surface area contributed by atoms with Crippen molar-refractivity contribution in [3.8, 4) is 0 Å². The van der Waals surface area contributed by atoms with Crippen molar-refractivity contribution in [3.05, 3.63) is 11.6 Å². The van der Waals surface area contributed by atoms with Gasteiger partial charge in [-0.3, -0.25) is 9.59 Å². The fraction of sp³-hybridized carbons (Fsp3) is 0.902. The van der Waals surface area contributed by atoms with Gasteiger partial charge in [0.25, 0.3) is 0 Å². The molecule has 312 valence electrons. The molecule has 0 spiro atoms. The lowest BCUT2D eigenvalue weighted by molar-refractivity contribution is -0.370. The van der Waals surface area contributed by atoms with Crippen LogP contribution >= 0.6 is 0 Å². The maximum Gasteiger partial charge on any atom is 0.314 e. The molecule has 0 unspecified atom stereocenters. The van der Waals surface area contributed by atoms with Crippen molar-refractivity contribution in [1.82, 2.24) is 0 Å². The van der Waals surface area contributed by atoms with Gasteiger partial charge < -0.3 is 59.8 Å². The first-order chi connectivity index (χ1) is 25.7. The van der Waals surface area contributed by atoms with Crippen molar-refractivity contribution in [1.29, 1.82) is 0 Å². The van der Waals surface area contributed by atoms with E-state index in [1.807, 2.05) is 0 Å². The molecule has 0 bridgehead atoms. The van der Waals surface area contributed by atoms with Gasteiger partial charge in [0.15, 0.2) is 12.6 Å². The molecule has 8 N–H and O–H groups in total. The highest BCUT2D eigenvalue weighted by Gasteiger charge is 2.73. The number of hydrogen-bond acceptors (Lipinski definition) is 12. The number of fused-ring (bicyclic) bond motifs is 7. The summed E-state index contributed by atoms with van der Waals surface area (Å²) in [6.07, 6.45) is -6.17. The summed E-state index contributed by atoms with van der Waals surface area (Å²) in [6.45, 7) is 12.0. The summed E-state index contributed by atoms with van der Waals surface area (Å²) >= 11 is 0. The van der Waals surface area contributed by atoms with Crippen LogP contribution in [0.1, 0.15) is 99.3 Å². The zero-order valence-electron chi connectivity index (χ0n) is 33.0. The molecule has 0 aromatic heterocycles. The fourth-order valence-electron chi connectivity index (χ4n) is 13.7. The van der Waals surface area contributed by atoms with Gasteiger partial charge in [-0.15, -0.1) is 0 Å². The number of carbonyl (C=O) groups is 2. The molecule has 19 atom stereocenters. The van der Waals surface area contributed by atoms with Crippen LogP contribution < -0.4 is 0 Å². The zero-order chi connectivity index (χ0) is 40.2. The van der Waals surface area contributed by atoms with E-state index in [2.05, 4.69) is 47.6 Å². The highest BCUT2D eigenvalue weighted by atomic mass is 16.8. The summed E-state index contributed by atoms with van der Waals surface area (Å²) in [6, 6.07) is 0. The Morgan fingerprint density at radius 3 is 2.16 bits per heavy atom. The predicted molar refractivity (Wildman–Crippen MR) is 194 cm³/mol. The van der Waals surface area contributed by atoms with Gasteiger partial charge in [0.1, 0.15) is 42.7 Å². The minimum Gasteiger partial charge on any atom is -0.481 e. The lowest BCUT2D eigenvalue weighted by atomic mass is 9.33. The number of allylic oxidation sites excluding steroid dienone is 1. The molecule has 14 heteroatoms. The molecule has 0 aromatic rings. The van der Waals surface area contributed by atoms with Gasteiger partial charge in [-0.2, -0.15) is 0 Å². The molecule has 6 fully saturated rings. The first kappa shape index (κ1) is 41.4. The molecule has 0 radical (unpaired) electrons. The number of carboxylic acids is 2. The quantitative estimate of drug-likeness (QED) is 0.137. The Hall–Kier alpha value is -1.72. The fourth-order valence-corrected chi connectivity index (χ4v) is 13.7. The van der Waals surface area contributed by atoms with Crippen LogP contribution in [0.2, 0.25) is 0 Å². The predicted octanol–water partition coefficient (Wildman–Crippen LogP) is 2.44. The van der Waals surface area contributed by atoms with Crippen molar-refractivity contribution in [2.75, 3.05) is 13.2 Å². The van der Waals surface area contributed by atoms with E-state index in [-0.39, 0.29) is 41.6 Å². The second kappa shape index (κ2) is 14.2. The second-order valence-electron chi connectivity index (χ2n) is 19.5. The highest BCUT2D eigenvalue weighted by Crippen LogP contribution is 2.76. The number of hydrogen-bond donors (Lipinski definition) is 8. The third-order valence-electron chi connectivity index (χ3n) is 17.0. The normalized spacial score (nSPS) is 53.5. The second-order valence-corrected chi connectivity index (χ2v) is 19.5. The van der Waals surface area contributed by atoms with Crippen LogP contribution in [0.5, 0.6) is 0 Å². The van der Waals surface area contributed by atoms with E-state index >= 15 is 0 Å². The largest absolute Gasteiger partial charge is 0.481 e.